The molecular weight excluding hydrogens is 303 g/mol. The highest BCUT2D eigenvalue weighted by Crippen LogP contribution is 2.45. The van der Waals surface area contributed by atoms with Crippen LogP contribution >= 0.6 is 0 Å². The molecule has 0 aliphatic heterocycles. The summed E-state index contributed by atoms with van der Waals surface area (Å²) in [6.45, 7) is 0.370. The van der Waals surface area contributed by atoms with Crippen LogP contribution in [-0.4, -0.2) is 38.5 Å². The van der Waals surface area contributed by atoms with Gasteiger partial charge in [-0.3, -0.25) is 9.59 Å². The number of hydrogen-bond donors (Lipinski definition) is 2. The Bertz CT molecular complexity index is 755. The van der Waals surface area contributed by atoms with Gasteiger partial charge in [0.2, 0.25) is 0 Å². The number of rotatable bonds is 6. The summed E-state index contributed by atoms with van der Waals surface area (Å²) in [5.41, 5.74) is -0.0278. The van der Waals surface area contributed by atoms with E-state index < -0.39 is 17.3 Å². The van der Waals surface area contributed by atoms with E-state index in [2.05, 4.69) is 15.6 Å². The number of halogens is 1. The minimum Gasteiger partial charge on any atom is -0.481 e. The maximum absolute atomic E-state index is 13.1. The molecule has 1 aromatic heterocycles. The zero-order valence-electron chi connectivity index (χ0n) is 12.2. The van der Waals surface area contributed by atoms with Crippen LogP contribution in [0.2, 0.25) is 0 Å². The van der Waals surface area contributed by atoms with Crippen molar-refractivity contribution >= 4 is 11.9 Å². The fourth-order valence-corrected chi connectivity index (χ4v) is 2.26. The van der Waals surface area contributed by atoms with Gasteiger partial charge < -0.3 is 10.4 Å². The zero-order chi connectivity index (χ0) is 16.4. The van der Waals surface area contributed by atoms with Crippen molar-refractivity contribution in [3.63, 3.8) is 0 Å². The van der Waals surface area contributed by atoms with Crippen LogP contribution in [0.1, 0.15) is 28.9 Å². The van der Waals surface area contributed by atoms with E-state index >= 15 is 0 Å². The van der Waals surface area contributed by atoms with E-state index in [-0.39, 0.29) is 24.6 Å². The smallest absolute Gasteiger partial charge is 0.311 e. The minimum atomic E-state index is -0.896. The summed E-state index contributed by atoms with van der Waals surface area (Å²) < 4.78 is 14.6. The highest BCUT2D eigenvalue weighted by molar-refractivity contribution is 5.92. The number of nitrogens with zero attached hydrogens (tertiary/aromatic N) is 3. The molecule has 0 spiro atoms. The third-order valence-electron chi connectivity index (χ3n) is 3.90. The summed E-state index contributed by atoms with van der Waals surface area (Å²) in [5, 5.41) is 19.2. The van der Waals surface area contributed by atoms with E-state index in [0.717, 1.165) is 0 Å². The molecule has 23 heavy (non-hydrogen) atoms. The molecule has 120 valence electrons. The Morgan fingerprint density at radius 3 is 2.83 bits per heavy atom. The molecule has 2 aromatic rings. The molecule has 0 bridgehead atoms. The first-order valence-corrected chi connectivity index (χ1v) is 7.15. The first-order chi connectivity index (χ1) is 11.0. The largest absolute Gasteiger partial charge is 0.481 e. The average Bonchev–Trinajstić information content (AvgIpc) is 3.17. The predicted octanol–water partition coefficient (Wildman–Crippen LogP) is 1.06. The quantitative estimate of drug-likeness (QED) is 0.830. The van der Waals surface area contributed by atoms with Gasteiger partial charge in [-0.1, -0.05) is 17.3 Å². The molecule has 1 aromatic carbocycles. The molecular formula is C15H15FN4O3. The number of carbonyl (C=O) groups is 2. The van der Waals surface area contributed by atoms with Gasteiger partial charge in [-0.15, -0.1) is 5.10 Å². The van der Waals surface area contributed by atoms with Crippen molar-refractivity contribution in [3.8, 4) is 0 Å². The van der Waals surface area contributed by atoms with Crippen LogP contribution in [0.3, 0.4) is 0 Å². The lowest BCUT2D eigenvalue weighted by Gasteiger charge is -2.09. The summed E-state index contributed by atoms with van der Waals surface area (Å²) in [6.07, 6.45) is 2.57. The third-order valence-corrected chi connectivity index (χ3v) is 3.90. The van der Waals surface area contributed by atoms with Gasteiger partial charge in [0.25, 0.3) is 5.91 Å². The maximum atomic E-state index is 13.1. The molecule has 8 heteroatoms. The van der Waals surface area contributed by atoms with Gasteiger partial charge in [-0.05, 0) is 30.5 Å². The number of carbonyl (C=O) groups excluding carboxylic acids is 1. The molecule has 1 amide bonds. The van der Waals surface area contributed by atoms with Crippen molar-refractivity contribution in [3.05, 3.63) is 47.5 Å². The van der Waals surface area contributed by atoms with Crippen LogP contribution in [0.25, 0.3) is 0 Å². The molecule has 1 heterocycles. The molecule has 1 fully saturated rings. The van der Waals surface area contributed by atoms with Gasteiger partial charge in [-0.2, -0.15) is 0 Å². The summed E-state index contributed by atoms with van der Waals surface area (Å²) in [4.78, 5) is 23.0. The number of aliphatic carboxylic acids is 1. The van der Waals surface area contributed by atoms with Crippen molar-refractivity contribution in [1.29, 1.82) is 0 Å². The molecule has 7 nitrogen and oxygen atoms in total. The maximum Gasteiger partial charge on any atom is 0.311 e. The zero-order valence-corrected chi connectivity index (χ0v) is 12.2. The highest BCUT2D eigenvalue weighted by Gasteiger charge is 2.50. The number of benzene rings is 1. The number of aromatic nitrogens is 3. The van der Waals surface area contributed by atoms with E-state index in [1.165, 1.54) is 23.0 Å². The van der Waals surface area contributed by atoms with E-state index in [4.69, 9.17) is 5.11 Å². The molecule has 0 unspecified atom stereocenters. The van der Waals surface area contributed by atoms with Gasteiger partial charge in [0.05, 0.1) is 18.2 Å². The average molecular weight is 318 g/mol. The standard InChI is InChI=1S/C15H15FN4O3/c16-11-3-1-2-10(6-11)7-20-8-12(18-19-20)13(21)17-9-15(4-5-15)14(22)23/h1-3,6,8H,4-5,7,9H2,(H,17,21)(H,22,23). The monoisotopic (exact) mass is 318 g/mol. The fourth-order valence-electron chi connectivity index (χ4n) is 2.26. The third kappa shape index (κ3) is 3.36. The number of hydrogen-bond acceptors (Lipinski definition) is 4. The lowest BCUT2D eigenvalue weighted by molar-refractivity contribution is -0.143. The van der Waals surface area contributed by atoms with Crippen molar-refractivity contribution in [2.75, 3.05) is 6.54 Å². The lowest BCUT2D eigenvalue weighted by atomic mass is 10.1. The van der Waals surface area contributed by atoms with Crippen molar-refractivity contribution < 1.29 is 19.1 Å². The first-order valence-electron chi connectivity index (χ1n) is 7.15. The molecule has 0 saturated heterocycles. The topological polar surface area (TPSA) is 97.1 Å². The van der Waals surface area contributed by atoms with Crippen LogP contribution in [0.4, 0.5) is 4.39 Å². The molecule has 1 aliphatic rings. The SMILES string of the molecule is O=C(NCC1(C(=O)O)CC1)c1cn(Cc2cccc(F)c2)nn1. The van der Waals surface area contributed by atoms with Gasteiger partial charge in [-0.25, -0.2) is 9.07 Å². The summed E-state index contributed by atoms with van der Waals surface area (Å²) in [7, 11) is 0. The Balaban J connectivity index is 1.60. The Hall–Kier alpha value is -2.77. The Morgan fingerprint density at radius 1 is 1.39 bits per heavy atom. The number of carboxylic acids is 1. The molecule has 1 aliphatic carbocycles. The van der Waals surface area contributed by atoms with Crippen molar-refractivity contribution in [2.45, 2.75) is 19.4 Å². The van der Waals surface area contributed by atoms with Crippen LogP contribution in [0.15, 0.2) is 30.5 Å². The normalized spacial score (nSPS) is 15.2. The van der Waals surface area contributed by atoms with E-state index in [9.17, 15) is 14.0 Å². The summed E-state index contributed by atoms with van der Waals surface area (Å²) >= 11 is 0. The van der Waals surface area contributed by atoms with Crippen LogP contribution in [0.5, 0.6) is 0 Å². The summed E-state index contributed by atoms with van der Waals surface area (Å²) in [5.74, 6) is -1.71. The molecule has 0 radical (unpaired) electrons. The molecule has 1 saturated carbocycles. The number of nitrogens with one attached hydrogen (secondary N) is 1. The lowest BCUT2D eigenvalue weighted by Crippen LogP contribution is -2.34. The second kappa shape index (κ2) is 5.79. The van der Waals surface area contributed by atoms with Gasteiger partial charge in [0, 0.05) is 6.54 Å². The van der Waals surface area contributed by atoms with E-state index in [1.54, 1.807) is 12.1 Å². The van der Waals surface area contributed by atoms with Crippen LogP contribution < -0.4 is 5.32 Å². The van der Waals surface area contributed by atoms with Gasteiger partial charge in [0.15, 0.2) is 5.69 Å². The Morgan fingerprint density at radius 2 is 2.17 bits per heavy atom. The second-order valence-electron chi connectivity index (χ2n) is 5.70. The van der Waals surface area contributed by atoms with Crippen molar-refractivity contribution in [2.24, 2.45) is 5.41 Å². The fraction of sp³-hybridized carbons (Fsp3) is 0.333. The molecule has 3 rings (SSSR count). The van der Waals surface area contributed by atoms with Crippen LogP contribution in [0, 0.1) is 11.2 Å². The van der Waals surface area contributed by atoms with Gasteiger partial charge in [0.1, 0.15) is 5.82 Å². The summed E-state index contributed by atoms with van der Waals surface area (Å²) in [6, 6.07) is 6.06. The Labute approximate surface area is 131 Å². The van der Waals surface area contributed by atoms with E-state index in [0.29, 0.717) is 18.4 Å². The predicted molar refractivity (Wildman–Crippen MR) is 77.2 cm³/mol. The number of amides is 1. The second-order valence-corrected chi connectivity index (χ2v) is 5.70. The Kier molecular flexibility index (Phi) is 3.81. The molecule has 2 N–H and O–H groups in total. The first kappa shape index (κ1) is 15.1. The van der Waals surface area contributed by atoms with E-state index in [1.807, 2.05) is 0 Å². The minimum absolute atomic E-state index is 0.0813. The molecule has 0 atom stereocenters. The van der Waals surface area contributed by atoms with Gasteiger partial charge >= 0.3 is 5.97 Å². The van der Waals surface area contributed by atoms with Crippen molar-refractivity contribution in [1.82, 2.24) is 20.3 Å². The highest BCUT2D eigenvalue weighted by atomic mass is 19.1. The number of carboxylic acid groups (broad SMARTS) is 1. The van der Waals surface area contributed by atoms with Crippen LogP contribution in [-0.2, 0) is 11.3 Å².